The molecule has 0 radical (unpaired) electrons. The third-order valence-electron chi connectivity index (χ3n) is 4.25. The van der Waals surface area contributed by atoms with Gasteiger partial charge in [-0.2, -0.15) is 0 Å². The first-order chi connectivity index (χ1) is 9.66. The number of rotatable bonds is 6. The van der Waals surface area contributed by atoms with Gasteiger partial charge in [-0.15, -0.1) is 19.7 Å². The molecule has 0 N–H and O–H groups in total. The van der Waals surface area contributed by atoms with E-state index in [2.05, 4.69) is 19.7 Å². The predicted molar refractivity (Wildman–Crippen MR) is 79.9 cm³/mol. The molecule has 2 heteroatoms. The van der Waals surface area contributed by atoms with Crippen LogP contribution in [0.3, 0.4) is 0 Å². The molecule has 2 nitrogen and oxygen atoms in total. The Balaban J connectivity index is 2.19. The quantitative estimate of drug-likeness (QED) is 0.580. The lowest BCUT2D eigenvalue weighted by atomic mass is 9.67. The zero-order valence-electron chi connectivity index (χ0n) is 11.6. The van der Waals surface area contributed by atoms with Crippen LogP contribution in [0.25, 0.3) is 0 Å². The van der Waals surface area contributed by atoms with Gasteiger partial charge in [-0.1, -0.05) is 18.2 Å². The van der Waals surface area contributed by atoms with Crippen molar-refractivity contribution in [1.29, 1.82) is 0 Å². The molecule has 3 rings (SSSR count). The van der Waals surface area contributed by atoms with Crippen LogP contribution in [0.2, 0.25) is 0 Å². The molecule has 20 heavy (non-hydrogen) atoms. The standard InChI is InChI=1S/C18H18O2/c1-4-7-12-10-14-16-15(13(12)8-5-2)11-18(16,9-6-3)20-17(14)19/h4-6,10H,1-3,7-9,11H2. The molecule has 1 atom stereocenters. The molecular formula is C18H18O2. The van der Waals surface area contributed by atoms with E-state index in [0.29, 0.717) is 6.42 Å². The molecule has 1 unspecified atom stereocenters. The summed E-state index contributed by atoms with van der Waals surface area (Å²) in [5, 5.41) is 0. The van der Waals surface area contributed by atoms with Gasteiger partial charge in [-0.25, -0.2) is 4.79 Å². The Kier molecular flexibility index (Phi) is 2.89. The molecule has 2 aliphatic rings. The second-order valence-corrected chi connectivity index (χ2v) is 5.45. The molecule has 0 bridgehead atoms. The number of hydrogen-bond donors (Lipinski definition) is 0. The molecule has 0 aromatic heterocycles. The number of allylic oxidation sites excluding steroid dienone is 2. The Bertz CT molecular complexity index is 639. The highest BCUT2D eigenvalue weighted by Gasteiger charge is 2.54. The average molecular weight is 266 g/mol. The maximum atomic E-state index is 12.1. The number of carbonyl (C=O) groups excluding carboxylic acids is 1. The Labute approximate surface area is 119 Å². The molecule has 0 saturated heterocycles. The molecule has 0 spiro atoms. The lowest BCUT2D eigenvalue weighted by molar-refractivity contribution is -0.0178. The summed E-state index contributed by atoms with van der Waals surface area (Å²) in [6, 6.07) is 1.98. The van der Waals surface area contributed by atoms with E-state index in [0.717, 1.165) is 30.4 Å². The van der Waals surface area contributed by atoms with E-state index in [1.165, 1.54) is 16.7 Å². The first-order valence-electron chi connectivity index (χ1n) is 6.91. The highest BCUT2D eigenvalue weighted by molar-refractivity contribution is 5.97. The molecule has 0 fully saturated rings. The highest BCUT2D eigenvalue weighted by atomic mass is 16.6. The minimum absolute atomic E-state index is 0.198. The molecule has 1 heterocycles. The topological polar surface area (TPSA) is 26.3 Å². The fourth-order valence-electron chi connectivity index (χ4n) is 3.49. The van der Waals surface area contributed by atoms with Crippen LogP contribution in [0, 0.1) is 0 Å². The summed E-state index contributed by atoms with van der Waals surface area (Å²) in [6.07, 6.45) is 8.69. The number of benzene rings is 1. The van der Waals surface area contributed by atoms with Crippen LogP contribution in [0.1, 0.15) is 39.0 Å². The zero-order chi connectivity index (χ0) is 14.3. The van der Waals surface area contributed by atoms with Gasteiger partial charge in [0.05, 0.1) is 5.56 Å². The molecule has 1 aliphatic heterocycles. The number of carbonyl (C=O) groups is 1. The summed E-state index contributed by atoms with van der Waals surface area (Å²) in [5.74, 6) is -0.198. The third kappa shape index (κ3) is 1.54. The first-order valence-corrected chi connectivity index (χ1v) is 6.91. The normalized spacial score (nSPS) is 21.7. The third-order valence-corrected chi connectivity index (χ3v) is 4.25. The van der Waals surface area contributed by atoms with Gasteiger partial charge in [0.15, 0.2) is 0 Å². The van der Waals surface area contributed by atoms with E-state index in [1.54, 1.807) is 0 Å². The number of ether oxygens (including phenoxy) is 1. The first kappa shape index (κ1) is 12.9. The van der Waals surface area contributed by atoms with Crippen molar-refractivity contribution >= 4 is 5.97 Å². The largest absolute Gasteiger partial charge is 0.450 e. The van der Waals surface area contributed by atoms with Gasteiger partial charge in [0.1, 0.15) is 5.60 Å². The summed E-state index contributed by atoms with van der Waals surface area (Å²) in [6.45, 7) is 11.4. The summed E-state index contributed by atoms with van der Waals surface area (Å²) in [7, 11) is 0. The Morgan fingerprint density at radius 3 is 2.60 bits per heavy atom. The smallest absolute Gasteiger partial charge is 0.339 e. The van der Waals surface area contributed by atoms with Crippen molar-refractivity contribution in [1.82, 2.24) is 0 Å². The van der Waals surface area contributed by atoms with Gasteiger partial charge in [-0.3, -0.25) is 0 Å². The SMILES string of the molecule is C=CCc1cc2c3c(c1CC=C)CC3(CC=C)OC2=O. The Hall–Kier alpha value is -2.09. The number of hydrogen-bond acceptors (Lipinski definition) is 2. The fraction of sp³-hybridized carbons (Fsp3) is 0.278. The predicted octanol–water partition coefficient (Wildman–Crippen LogP) is 3.64. The van der Waals surface area contributed by atoms with Gasteiger partial charge in [0.25, 0.3) is 0 Å². The maximum absolute atomic E-state index is 12.1. The van der Waals surface area contributed by atoms with Crippen molar-refractivity contribution < 1.29 is 9.53 Å². The van der Waals surface area contributed by atoms with Crippen LogP contribution in [0.15, 0.2) is 44.0 Å². The molecule has 102 valence electrons. The van der Waals surface area contributed by atoms with Gasteiger partial charge >= 0.3 is 5.97 Å². The molecule has 0 amide bonds. The van der Waals surface area contributed by atoms with Crippen LogP contribution in [-0.4, -0.2) is 5.97 Å². The molecular weight excluding hydrogens is 248 g/mol. The van der Waals surface area contributed by atoms with Crippen molar-refractivity contribution in [2.24, 2.45) is 0 Å². The van der Waals surface area contributed by atoms with Crippen LogP contribution >= 0.6 is 0 Å². The molecule has 1 aromatic rings. The van der Waals surface area contributed by atoms with E-state index in [-0.39, 0.29) is 5.97 Å². The van der Waals surface area contributed by atoms with Gasteiger partial charge < -0.3 is 4.74 Å². The summed E-state index contributed by atoms with van der Waals surface area (Å²) in [4.78, 5) is 12.1. The molecule has 1 aromatic carbocycles. The van der Waals surface area contributed by atoms with E-state index < -0.39 is 5.60 Å². The summed E-state index contributed by atoms with van der Waals surface area (Å²) < 4.78 is 5.64. The summed E-state index contributed by atoms with van der Waals surface area (Å²) >= 11 is 0. The average Bonchev–Trinajstić information content (AvgIpc) is 2.62. The van der Waals surface area contributed by atoms with Crippen molar-refractivity contribution in [3.8, 4) is 0 Å². The van der Waals surface area contributed by atoms with Crippen LogP contribution in [-0.2, 0) is 29.6 Å². The molecule has 1 aliphatic carbocycles. The zero-order valence-corrected chi connectivity index (χ0v) is 11.6. The van der Waals surface area contributed by atoms with E-state index >= 15 is 0 Å². The van der Waals surface area contributed by atoms with E-state index in [9.17, 15) is 4.79 Å². The maximum Gasteiger partial charge on any atom is 0.339 e. The second-order valence-electron chi connectivity index (χ2n) is 5.45. The fourth-order valence-corrected chi connectivity index (χ4v) is 3.49. The van der Waals surface area contributed by atoms with Crippen LogP contribution in [0.4, 0.5) is 0 Å². The van der Waals surface area contributed by atoms with E-state index in [1.807, 2.05) is 24.3 Å². The van der Waals surface area contributed by atoms with E-state index in [4.69, 9.17) is 4.74 Å². The minimum atomic E-state index is -0.438. The van der Waals surface area contributed by atoms with Gasteiger partial charge in [0, 0.05) is 18.4 Å². The van der Waals surface area contributed by atoms with Crippen molar-refractivity contribution in [2.75, 3.05) is 0 Å². The summed E-state index contributed by atoms with van der Waals surface area (Å²) in [5.41, 5.74) is 5.11. The lowest BCUT2D eigenvalue weighted by Crippen LogP contribution is -2.39. The second kappa shape index (κ2) is 4.48. The van der Waals surface area contributed by atoms with Crippen molar-refractivity contribution in [3.63, 3.8) is 0 Å². The highest BCUT2D eigenvalue weighted by Crippen LogP contribution is 2.53. The monoisotopic (exact) mass is 266 g/mol. The Morgan fingerprint density at radius 2 is 1.95 bits per heavy atom. The minimum Gasteiger partial charge on any atom is -0.450 e. The Morgan fingerprint density at radius 1 is 1.20 bits per heavy atom. The lowest BCUT2D eigenvalue weighted by Gasteiger charge is -2.40. The van der Waals surface area contributed by atoms with Crippen LogP contribution in [0.5, 0.6) is 0 Å². The van der Waals surface area contributed by atoms with Crippen molar-refractivity contribution in [2.45, 2.75) is 31.3 Å². The van der Waals surface area contributed by atoms with Gasteiger partial charge in [-0.05, 0) is 35.6 Å². The van der Waals surface area contributed by atoms with Crippen LogP contribution < -0.4 is 0 Å². The number of esters is 1. The molecule has 0 saturated carbocycles. The van der Waals surface area contributed by atoms with Crippen molar-refractivity contribution in [3.05, 3.63) is 71.8 Å². The van der Waals surface area contributed by atoms with Gasteiger partial charge in [0.2, 0.25) is 0 Å².